The second kappa shape index (κ2) is 20.5. The lowest BCUT2D eigenvalue weighted by Gasteiger charge is -2.16. The average Bonchev–Trinajstić information content (AvgIpc) is 2.82. The van der Waals surface area contributed by atoms with Crippen LogP contribution in [0.2, 0.25) is 0 Å². The molecule has 0 heterocycles. The lowest BCUT2D eigenvalue weighted by Crippen LogP contribution is -2.21. The van der Waals surface area contributed by atoms with Crippen LogP contribution < -0.4 is 0 Å². The SMILES string of the molecule is CCCC(CCC)=C(C)C(=O)OC(O)CCO[PH](=O)OCCC(O)OC(=O)C(C)=C(CCC)CCC. The Morgan fingerprint density at radius 3 is 1.25 bits per heavy atom. The topological polar surface area (TPSA) is 129 Å². The van der Waals surface area contributed by atoms with Gasteiger partial charge in [0.05, 0.1) is 13.2 Å². The number of rotatable bonds is 20. The van der Waals surface area contributed by atoms with Gasteiger partial charge in [-0.3, -0.25) is 4.57 Å². The molecule has 0 bridgehead atoms. The first-order valence-electron chi connectivity index (χ1n) is 13.1. The number of esters is 2. The van der Waals surface area contributed by atoms with Gasteiger partial charge >= 0.3 is 20.2 Å². The second-order valence-corrected chi connectivity index (χ2v) is 9.78. The monoisotopic (exact) mass is 534 g/mol. The molecule has 0 aromatic heterocycles. The first-order chi connectivity index (χ1) is 17.1. The zero-order chi connectivity index (χ0) is 27.5. The van der Waals surface area contributed by atoms with Crippen molar-refractivity contribution in [3.63, 3.8) is 0 Å². The highest BCUT2D eigenvalue weighted by molar-refractivity contribution is 7.33. The first-order valence-corrected chi connectivity index (χ1v) is 14.3. The van der Waals surface area contributed by atoms with Crippen molar-refractivity contribution in [2.75, 3.05) is 13.2 Å². The van der Waals surface area contributed by atoms with Gasteiger partial charge in [-0.1, -0.05) is 64.5 Å². The van der Waals surface area contributed by atoms with Crippen molar-refractivity contribution in [1.82, 2.24) is 0 Å². The van der Waals surface area contributed by atoms with Gasteiger partial charge in [0.1, 0.15) is 0 Å². The van der Waals surface area contributed by atoms with Crippen molar-refractivity contribution < 1.29 is 42.9 Å². The smallest absolute Gasteiger partial charge is 0.335 e. The van der Waals surface area contributed by atoms with Crippen LogP contribution in [0, 0.1) is 0 Å². The molecule has 0 aliphatic rings. The standard InChI is InChI=1S/C26H47O9P/c1-7-11-21(12-8-2)19(5)25(29)34-23(27)15-17-32-36(31)33-18-16-24(28)35-26(30)20(6)22(13-9-3)14-10-4/h23-24,27-28,36H,7-18H2,1-6H3. The Labute approximate surface area is 217 Å². The fourth-order valence-electron chi connectivity index (χ4n) is 3.57. The molecule has 0 fully saturated rings. The minimum absolute atomic E-state index is 0.0701. The van der Waals surface area contributed by atoms with Crippen molar-refractivity contribution in [2.45, 2.75) is 118 Å². The fourth-order valence-corrected chi connectivity index (χ4v) is 4.22. The van der Waals surface area contributed by atoms with Crippen LogP contribution in [-0.2, 0) is 32.7 Å². The Hall–Kier alpha value is -1.51. The van der Waals surface area contributed by atoms with E-state index in [0.717, 1.165) is 62.5 Å². The number of hydrogen-bond donors (Lipinski definition) is 2. The highest BCUT2D eigenvalue weighted by Crippen LogP contribution is 2.25. The molecule has 9 nitrogen and oxygen atoms in total. The predicted molar refractivity (Wildman–Crippen MR) is 139 cm³/mol. The third-order valence-corrected chi connectivity index (χ3v) is 6.42. The van der Waals surface area contributed by atoms with Gasteiger partial charge in [-0.25, -0.2) is 9.59 Å². The predicted octanol–water partition coefficient (Wildman–Crippen LogP) is 5.75. The highest BCUT2D eigenvalue weighted by Gasteiger charge is 2.18. The molecule has 0 aromatic rings. The normalized spacial score (nSPS) is 13.4. The van der Waals surface area contributed by atoms with E-state index in [4.69, 9.17) is 18.5 Å². The van der Waals surface area contributed by atoms with Crippen LogP contribution in [-0.4, -0.2) is 47.9 Å². The molecule has 210 valence electrons. The second-order valence-electron chi connectivity index (χ2n) is 8.70. The number of carbonyl (C=O) groups excluding carboxylic acids is 2. The van der Waals surface area contributed by atoms with Crippen LogP contribution in [0.15, 0.2) is 22.3 Å². The summed E-state index contributed by atoms with van der Waals surface area (Å²) in [4.78, 5) is 24.5. The van der Waals surface area contributed by atoms with Gasteiger partial charge in [0.2, 0.25) is 12.6 Å². The zero-order valence-electron chi connectivity index (χ0n) is 22.9. The Bertz CT molecular complexity index is 670. The van der Waals surface area contributed by atoms with Gasteiger partial charge in [-0.2, -0.15) is 0 Å². The molecular formula is C26H47O9P. The third-order valence-electron chi connectivity index (χ3n) is 5.54. The molecule has 0 saturated carbocycles. The molecule has 2 N–H and O–H groups in total. The number of aliphatic hydroxyl groups excluding tert-OH is 2. The fraction of sp³-hybridized carbons (Fsp3) is 0.769. The minimum Gasteiger partial charge on any atom is -0.433 e. The van der Waals surface area contributed by atoms with Gasteiger partial charge in [-0.15, -0.1) is 0 Å². The van der Waals surface area contributed by atoms with E-state index >= 15 is 0 Å². The molecule has 0 saturated heterocycles. The summed E-state index contributed by atoms with van der Waals surface area (Å²) in [7, 11) is -2.90. The van der Waals surface area contributed by atoms with E-state index < -0.39 is 32.8 Å². The van der Waals surface area contributed by atoms with Gasteiger partial charge in [0, 0.05) is 24.0 Å². The van der Waals surface area contributed by atoms with E-state index in [1.54, 1.807) is 13.8 Å². The number of hydrogen-bond acceptors (Lipinski definition) is 9. The summed E-state index contributed by atoms with van der Waals surface area (Å²) in [6.07, 6.45) is 3.94. The van der Waals surface area contributed by atoms with Crippen molar-refractivity contribution in [1.29, 1.82) is 0 Å². The van der Waals surface area contributed by atoms with E-state index in [-0.39, 0.29) is 26.1 Å². The molecule has 10 heteroatoms. The Kier molecular flexibility index (Phi) is 19.7. The van der Waals surface area contributed by atoms with Crippen molar-refractivity contribution in [3.8, 4) is 0 Å². The summed E-state index contributed by atoms with van der Waals surface area (Å²) in [6, 6.07) is 0. The van der Waals surface area contributed by atoms with Crippen LogP contribution in [0.25, 0.3) is 0 Å². The molecule has 0 aromatic carbocycles. The summed E-state index contributed by atoms with van der Waals surface area (Å²) < 4.78 is 32.0. The summed E-state index contributed by atoms with van der Waals surface area (Å²) in [5, 5.41) is 19.9. The molecule has 2 unspecified atom stereocenters. The van der Waals surface area contributed by atoms with Crippen LogP contribution >= 0.6 is 8.25 Å². The first kappa shape index (κ1) is 34.5. The van der Waals surface area contributed by atoms with Crippen LogP contribution in [0.4, 0.5) is 0 Å². The molecule has 0 rings (SSSR count). The maximum absolute atomic E-state index is 12.2. The minimum atomic E-state index is -2.90. The highest BCUT2D eigenvalue weighted by atomic mass is 31.1. The molecule has 0 aliphatic heterocycles. The largest absolute Gasteiger partial charge is 0.433 e. The number of carbonyl (C=O) groups is 2. The maximum Gasteiger partial charge on any atom is 0.335 e. The summed E-state index contributed by atoms with van der Waals surface area (Å²) in [6.45, 7) is 11.2. The van der Waals surface area contributed by atoms with Crippen LogP contribution in [0.5, 0.6) is 0 Å². The van der Waals surface area contributed by atoms with Crippen LogP contribution in [0.3, 0.4) is 0 Å². The summed E-state index contributed by atoms with van der Waals surface area (Å²) in [5.74, 6) is -1.15. The Morgan fingerprint density at radius 2 is 0.972 bits per heavy atom. The van der Waals surface area contributed by atoms with E-state index in [9.17, 15) is 24.4 Å². The molecule has 0 aliphatic carbocycles. The molecule has 0 spiro atoms. The van der Waals surface area contributed by atoms with Crippen LogP contribution in [0.1, 0.15) is 106 Å². The van der Waals surface area contributed by atoms with E-state index in [0.29, 0.717) is 11.1 Å². The molecule has 36 heavy (non-hydrogen) atoms. The number of aliphatic hydroxyl groups is 2. The molecular weight excluding hydrogens is 487 g/mol. The van der Waals surface area contributed by atoms with Gasteiger partial charge in [0.25, 0.3) is 0 Å². The summed E-state index contributed by atoms with van der Waals surface area (Å²) in [5.41, 5.74) is 3.06. The van der Waals surface area contributed by atoms with E-state index in [1.165, 1.54) is 0 Å². The van der Waals surface area contributed by atoms with Crippen molar-refractivity contribution in [2.24, 2.45) is 0 Å². The van der Waals surface area contributed by atoms with E-state index in [2.05, 4.69) is 0 Å². The quantitative estimate of drug-likeness (QED) is 0.0868. The summed E-state index contributed by atoms with van der Waals surface area (Å²) >= 11 is 0. The lowest BCUT2D eigenvalue weighted by molar-refractivity contribution is -0.165. The zero-order valence-corrected chi connectivity index (χ0v) is 23.9. The van der Waals surface area contributed by atoms with Gasteiger partial charge in [0.15, 0.2) is 0 Å². The lowest BCUT2D eigenvalue weighted by atomic mass is 10.0. The van der Waals surface area contributed by atoms with E-state index in [1.807, 2.05) is 27.7 Å². The average molecular weight is 535 g/mol. The molecule has 0 amide bonds. The van der Waals surface area contributed by atoms with Gasteiger partial charge < -0.3 is 28.7 Å². The molecule has 2 atom stereocenters. The number of allylic oxidation sites excluding steroid dienone is 2. The molecule has 0 radical (unpaired) electrons. The number of ether oxygens (including phenoxy) is 2. The third kappa shape index (κ3) is 14.9. The Balaban J connectivity index is 4.36. The Morgan fingerprint density at radius 1 is 0.667 bits per heavy atom. The van der Waals surface area contributed by atoms with Gasteiger partial charge in [-0.05, 0) is 39.5 Å². The van der Waals surface area contributed by atoms with Crippen molar-refractivity contribution >= 4 is 20.2 Å². The van der Waals surface area contributed by atoms with Crippen molar-refractivity contribution in [3.05, 3.63) is 22.3 Å². The maximum atomic E-state index is 12.2.